The molecule has 5 nitrogen and oxygen atoms in total. The van der Waals surface area contributed by atoms with Gasteiger partial charge in [0.05, 0.1) is 10.9 Å². The molecular weight excluding hydrogens is 286 g/mol. The second-order valence-corrected chi connectivity index (χ2v) is 6.91. The summed E-state index contributed by atoms with van der Waals surface area (Å²) in [6.45, 7) is 1.85. The summed E-state index contributed by atoms with van der Waals surface area (Å²) < 4.78 is 27.6. The quantitative estimate of drug-likeness (QED) is 0.943. The molecule has 0 spiro atoms. The zero-order valence-electron chi connectivity index (χ0n) is 11.8. The maximum atomic E-state index is 12.4. The molecule has 0 fully saturated rings. The van der Waals surface area contributed by atoms with Crippen molar-refractivity contribution >= 4 is 10.0 Å². The summed E-state index contributed by atoms with van der Waals surface area (Å²) in [5, 5.41) is 0. The van der Waals surface area contributed by atoms with Gasteiger partial charge in [-0.1, -0.05) is 18.2 Å². The molecule has 110 valence electrons. The van der Waals surface area contributed by atoms with E-state index in [4.69, 9.17) is 0 Å². The van der Waals surface area contributed by atoms with Gasteiger partial charge in [-0.05, 0) is 38.3 Å². The van der Waals surface area contributed by atoms with Crippen molar-refractivity contribution < 1.29 is 8.42 Å². The standard InChI is InChI=1S/C15H17N3O2S/c1-11-16-10-13-14(17-11)8-5-9-15(13)18-21(19,20)12-6-3-2-4-7-12/h2-4,6-7,10,15,18H,5,8-9H2,1H3. The van der Waals surface area contributed by atoms with Gasteiger partial charge in [0.25, 0.3) is 0 Å². The van der Waals surface area contributed by atoms with Crippen LogP contribution < -0.4 is 4.72 Å². The Hall–Kier alpha value is -1.79. The van der Waals surface area contributed by atoms with E-state index in [1.165, 1.54) is 0 Å². The molecule has 0 amide bonds. The zero-order chi connectivity index (χ0) is 14.9. The smallest absolute Gasteiger partial charge is 0.241 e. The van der Waals surface area contributed by atoms with E-state index in [2.05, 4.69) is 14.7 Å². The molecule has 0 aliphatic heterocycles. The van der Waals surface area contributed by atoms with E-state index in [-0.39, 0.29) is 10.9 Å². The minimum Gasteiger partial charge on any atom is -0.241 e. The van der Waals surface area contributed by atoms with Gasteiger partial charge in [-0.15, -0.1) is 0 Å². The summed E-state index contributed by atoms with van der Waals surface area (Å²) in [5.74, 6) is 0.723. The Labute approximate surface area is 124 Å². The molecule has 0 saturated carbocycles. The molecule has 6 heteroatoms. The Balaban J connectivity index is 1.90. The van der Waals surface area contributed by atoms with Crippen LogP contribution >= 0.6 is 0 Å². The molecule has 2 aromatic rings. The highest BCUT2D eigenvalue weighted by Gasteiger charge is 2.26. The van der Waals surface area contributed by atoms with E-state index in [0.29, 0.717) is 0 Å². The predicted octanol–water partition coefficient (Wildman–Crippen LogP) is 2.14. The SMILES string of the molecule is Cc1ncc2c(n1)CCCC2NS(=O)(=O)c1ccccc1. The Morgan fingerprint density at radius 2 is 2.00 bits per heavy atom. The molecule has 0 saturated heterocycles. The highest BCUT2D eigenvalue weighted by Crippen LogP contribution is 2.29. The second-order valence-electron chi connectivity index (χ2n) is 5.20. The number of hydrogen-bond acceptors (Lipinski definition) is 4. The fourth-order valence-corrected chi connectivity index (χ4v) is 3.89. The van der Waals surface area contributed by atoms with Crippen LogP contribution in [0.25, 0.3) is 0 Å². The lowest BCUT2D eigenvalue weighted by Gasteiger charge is -2.25. The van der Waals surface area contributed by atoms with Gasteiger partial charge >= 0.3 is 0 Å². The van der Waals surface area contributed by atoms with Crippen molar-refractivity contribution in [3.63, 3.8) is 0 Å². The van der Waals surface area contributed by atoms with Crippen LogP contribution in [-0.4, -0.2) is 18.4 Å². The number of sulfonamides is 1. The number of aromatic nitrogens is 2. The number of benzene rings is 1. The molecule has 3 rings (SSSR count). The number of nitrogens with one attached hydrogen (secondary N) is 1. The average molecular weight is 303 g/mol. The number of aryl methyl sites for hydroxylation is 2. The summed E-state index contributed by atoms with van der Waals surface area (Å²) in [5.41, 5.74) is 1.85. The van der Waals surface area contributed by atoms with Gasteiger partial charge < -0.3 is 0 Å². The van der Waals surface area contributed by atoms with Crippen LogP contribution in [0, 0.1) is 6.92 Å². The summed E-state index contributed by atoms with van der Waals surface area (Å²) in [7, 11) is -3.52. The van der Waals surface area contributed by atoms with Crippen LogP contribution in [0.1, 0.15) is 36.0 Å². The summed E-state index contributed by atoms with van der Waals surface area (Å²) >= 11 is 0. The molecular formula is C15H17N3O2S. The van der Waals surface area contributed by atoms with Crippen LogP contribution in [-0.2, 0) is 16.4 Å². The Kier molecular flexibility index (Phi) is 3.73. The molecule has 1 atom stereocenters. The van der Waals surface area contributed by atoms with Gasteiger partial charge in [0, 0.05) is 17.5 Å². The zero-order valence-corrected chi connectivity index (χ0v) is 12.6. The summed E-state index contributed by atoms with van der Waals surface area (Å²) in [4.78, 5) is 8.90. The normalized spacial score (nSPS) is 18.2. The third kappa shape index (κ3) is 2.96. The minimum atomic E-state index is -3.52. The van der Waals surface area contributed by atoms with E-state index in [0.717, 1.165) is 36.3 Å². The highest BCUT2D eigenvalue weighted by atomic mass is 32.2. The molecule has 21 heavy (non-hydrogen) atoms. The lowest BCUT2D eigenvalue weighted by Crippen LogP contribution is -2.31. The Morgan fingerprint density at radius 3 is 2.76 bits per heavy atom. The third-order valence-electron chi connectivity index (χ3n) is 3.65. The van der Waals surface area contributed by atoms with E-state index in [1.54, 1.807) is 36.5 Å². The number of fused-ring (bicyclic) bond motifs is 1. The molecule has 0 bridgehead atoms. The first-order valence-electron chi connectivity index (χ1n) is 6.96. The van der Waals surface area contributed by atoms with Gasteiger partial charge in [0.1, 0.15) is 5.82 Å². The van der Waals surface area contributed by atoms with Crippen LogP contribution in [0.2, 0.25) is 0 Å². The number of rotatable bonds is 3. The largest absolute Gasteiger partial charge is 0.241 e. The van der Waals surface area contributed by atoms with Gasteiger partial charge in [-0.25, -0.2) is 23.1 Å². The van der Waals surface area contributed by atoms with Crippen LogP contribution in [0.3, 0.4) is 0 Å². The van der Waals surface area contributed by atoms with Crippen molar-refractivity contribution in [1.82, 2.24) is 14.7 Å². The van der Waals surface area contributed by atoms with Crippen LogP contribution in [0.4, 0.5) is 0 Å². The van der Waals surface area contributed by atoms with Crippen molar-refractivity contribution in [3.8, 4) is 0 Å². The van der Waals surface area contributed by atoms with Crippen molar-refractivity contribution in [1.29, 1.82) is 0 Å². The fourth-order valence-electron chi connectivity index (χ4n) is 2.62. The molecule has 1 unspecified atom stereocenters. The number of nitrogens with zero attached hydrogens (tertiary/aromatic N) is 2. The maximum absolute atomic E-state index is 12.4. The van der Waals surface area contributed by atoms with E-state index in [1.807, 2.05) is 6.92 Å². The van der Waals surface area contributed by atoms with Crippen molar-refractivity contribution in [2.45, 2.75) is 37.1 Å². The molecule has 1 aromatic heterocycles. The lowest BCUT2D eigenvalue weighted by atomic mass is 9.93. The first kappa shape index (κ1) is 14.2. The van der Waals surface area contributed by atoms with Crippen LogP contribution in [0.15, 0.2) is 41.4 Å². The van der Waals surface area contributed by atoms with Crippen molar-refractivity contribution in [2.75, 3.05) is 0 Å². The predicted molar refractivity (Wildman–Crippen MR) is 79.2 cm³/mol. The van der Waals surface area contributed by atoms with Gasteiger partial charge in [0.2, 0.25) is 10.0 Å². The van der Waals surface area contributed by atoms with Gasteiger partial charge in [0.15, 0.2) is 0 Å². The highest BCUT2D eigenvalue weighted by molar-refractivity contribution is 7.89. The van der Waals surface area contributed by atoms with Crippen molar-refractivity contribution in [3.05, 3.63) is 53.6 Å². The Morgan fingerprint density at radius 1 is 1.24 bits per heavy atom. The molecule has 1 heterocycles. The second kappa shape index (κ2) is 5.54. The first-order valence-corrected chi connectivity index (χ1v) is 8.44. The van der Waals surface area contributed by atoms with Gasteiger partial charge in [-0.3, -0.25) is 0 Å². The lowest BCUT2D eigenvalue weighted by molar-refractivity contribution is 0.499. The number of hydrogen-bond donors (Lipinski definition) is 1. The summed E-state index contributed by atoms with van der Waals surface area (Å²) in [6.07, 6.45) is 4.31. The molecule has 1 aliphatic carbocycles. The molecule has 1 aliphatic rings. The molecule has 0 radical (unpaired) electrons. The van der Waals surface area contributed by atoms with E-state index >= 15 is 0 Å². The van der Waals surface area contributed by atoms with Crippen molar-refractivity contribution in [2.24, 2.45) is 0 Å². The fraction of sp³-hybridized carbons (Fsp3) is 0.333. The Bertz CT molecular complexity index is 745. The van der Waals surface area contributed by atoms with Crippen LogP contribution in [0.5, 0.6) is 0 Å². The topological polar surface area (TPSA) is 72.0 Å². The summed E-state index contributed by atoms with van der Waals surface area (Å²) in [6, 6.07) is 8.17. The minimum absolute atomic E-state index is 0.250. The van der Waals surface area contributed by atoms with Gasteiger partial charge in [-0.2, -0.15) is 0 Å². The first-order chi connectivity index (χ1) is 10.1. The van der Waals surface area contributed by atoms with E-state index in [9.17, 15) is 8.42 Å². The molecule has 1 N–H and O–H groups in total. The average Bonchev–Trinajstić information content (AvgIpc) is 2.48. The molecule has 1 aromatic carbocycles. The maximum Gasteiger partial charge on any atom is 0.241 e. The van der Waals surface area contributed by atoms with E-state index < -0.39 is 10.0 Å². The third-order valence-corrected chi connectivity index (χ3v) is 5.14. The monoisotopic (exact) mass is 303 g/mol.